The van der Waals surface area contributed by atoms with Gasteiger partial charge in [-0.25, -0.2) is 19.8 Å². The molecule has 0 aromatic carbocycles. The summed E-state index contributed by atoms with van der Waals surface area (Å²) in [6, 6.07) is 3.56. The highest BCUT2D eigenvalue weighted by atomic mass is 16.3. The molecule has 34 heavy (non-hydrogen) atoms. The first-order valence-corrected chi connectivity index (χ1v) is 10.7. The minimum absolute atomic E-state index is 0.176. The lowest BCUT2D eigenvalue weighted by atomic mass is 10.1. The van der Waals surface area contributed by atoms with Gasteiger partial charge in [-0.2, -0.15) is 10.1 Å². The maximum Gasteiger partial charge on any atom is 0.345 e. The Morgan fingerprint density at radius 2 is 2.15 bits per heavy atom. The zero-order valence-corrected chi connectivity index (χ0v) is 18.3. The summed E-state index contributed by atoms with van der Waals surface area (Å²) in [5, 5.41) is 15.1. The van der Waals surface area contributed by atoms with Crippen LogP contribution in [0.1, 0.15) is 21.8 Å². The quantitative estimate of drug-likeness (QED) is 0.341. The SMILES string of the molecule is Cn1c(=O)n(CCn2cc(C(=O)N3CC(O)C3)cn2)c2nc3c(n21)C(c1ccco1)=NCN3N. The second-order valence-corrected chi connectivity index (χ2v) is 8.30. The van der Waals surface area contributed by atoms with Crippen LogP contribution in [0.15, 0.2) is 45.0 Å². The van der Waals surface area contributed by atoms with E-state index >= 15 is 0 Å². The lowest BCUT2D eigenvalue weighted by molar-refractivity contribution is 0.00589. The summed E-state index contributed by atoms with van der Waals surface area (Å²) in [5.74, 6) is 7.40. The van der Waals surface area contributed by atoms with E-state index in [0.717, 1.165) is 0 Å². The number of hydrogen-bond donors (Lipinski definition) is 2. The molecule has 0 saturated carbocycles. The summed E-state index contributed by atoms with van der Waals surface area (Å²) >= 11 is 0. The molecule has 1 amide bonds. The molecule has 14 heteroatoms. The molecule has 0 unspecified atom stereocenters. The fourth-order valence-electron chi connectivity index (χ4n) is 4.30. The molecule has 176 valence electrons. The maximum absolute atomic E-state index is 13.1. The number of rotatable bonds is 5. The van der Waals surface area contributed by atoms with Crippen molar-refractivity contribution in [2.75, 3.05) is 24.8 Å². The van der Waals surface area contributed by atoms with Crippen LogP contribution in [0.25, 0.3) is 5.78 Å². The molecule has 4 aromatic rings. The third kappa shape index (κ3) is 2.99. The number of β-amino-alcohol motifs (C(OH)–C–C–N with tert-alkyl or cyclic N) is 1. The number of aliphatic hydroxyl groups excluding tert-OH is 1. The molecule has 0 radical (unpaired) electrons. The van der Waals surface area contributed by atoms with Gasteiger partial charge < -0.3 is 14.4 Å². The molecule has 0 atom stereocenters. The van der Waals surface area contributed by atoms with Gasteiger partial charge in [-0.3, -0.25) is 24.0 Å². The highest BCUT2D eigenvalue weighted by Gasteiger charge is 2.32. The van der Waals surface area contributed by atoms with Gasteiger partial charge in [-0.15, -0.1) is 0 Å². The molecule has 0 bridgehead atoms. The Labute approximate surface area is 191 Å². The zero-order valence-electron chi connectivity index (χ0n) is 18.3. The number of hydrogen-bond acceptors (Lipinski definition) is 9. The number of likely N-dealkylation sites (tertiary alicyclic amines) is 1. The number of nitrogens with zero attached hydrogens (tertiary/aromatic N) is 9. The number of imidazole rings is 1. The molecule has 0 aliphatic carbocycles. The second-order valence-electron chi connectivity index (χ2n) is 8.30. The van der Waals surface area contributed by atoms with E-state index in [4.69, 9.17) is 10.3 Å². The van der Waals surface area contributed by atoms with Crippen molar-refractivity contribution in [3.63, 3.8) is 0 Å². The van der Waals surface area contributed by atoms with Crippen LogP contribution in [0.4, 0.5) is 5.82 Å². The van der Waals surface area contributed by atoms with Crippen molar-refractivity contribution in [2.45, 2.75) is 19.2 Å². The van der Waals surface area contributed by atoms with Crippen LogP contribution in [0.3, 0.4) is 0 Å². The van der Waals surface area contributed by atoms with E-state index in [1.807, 2.05) is 0 Å². The average Bonchev–Trinajstić information content (AvgIpc) is 3.58. The Balaban J connectivity index is 1.31. The lowest BCUT2D eigenvalue weighted by Gasteiger charge is -2.35. The number of nitrogens with two attached hydrogens (primary N) is 1. The highest BCUT2D eigenvalue weighted by Crippen LogP contribution is 2.27. The molecular formula is C20H22N10O4. The minimum atomic E-state index is -0.463. The number of anilines is 1. The first-order valence-electron chi connectivity index (χ1n) is 10.7. The number of carbonyl (C=O) groups is 1. The molecule has 1 saturated heterocycles. The Kier molecular flexibility index (Phi) is 4.46. The summed E-state index contributed by atoms with van der Waals surface area (Å²) in [7, 11) is 1.65. The van der Waals surface area contributed by atoms with E-state index in [1.165, 1.54) is 20.5 Å². The van der Waals surface area contributed by atoms with Crippen LogP contribution in [-0.2, 0) is 20.1 Å². The lowest BCUT2D eigenvalue weighted by Crippen LogP contribution is -2.53. The van der Waals surface area contributed by atoms with Crippen LogP contribution in [0.2, 0.25) is 0 Å². The Bertz CT molecular complexity index is 1480. The molecule has 14 nitrogen and oxygen atoms in total. The van der Waals surface area contributed by atoms with Crippen LogP contribution in [-0.4, -0.2) is 76.0 Å². The predicted octanol–water partition coefficient (Wildman–Crippen LogP) is -1.37. The number of aromatic nitrogens is 6. The molecule has 2 aliphatic heterocycles. The number of furan rings is 1. The van der Waals surface area contributed by atoms with Gasteiger partial charge in [0.05, 0.1) is 37.2 Å². The molecule has 6 heterocycles. The zero-order chi connectivity index (χ0) is 23.6. The number of amides is 1. The first-order chi connectivity index (χ1) is 16.4. The van der Waals surface area contributed by atoms with Crippen LogP contribution in [0.5, 0.6) is 0 Å². The smallest absolute Gasteiger partial charge is 0.345 e. The fourth-order valence-corrected chi connectivity index (χ4v) is 4.30. The van der Waals surface area contributed by atoms with Crippen LogP contribution in [0, 0.1) is 0 Å². The molecule has 6 rings (SSSR count). The van der Waals surface area contributed by atoms with E-state index in [9.17, 15) is 14.7 Å². The molecule has 0 spiro atoms. The van der Waals surface area contributed by atoms with Gasteiger partial charge in [0.15, 0.2) is 11.6 Å². The number of carbonyl (C=O) groups excluding carboxylic acids is 1. The minimum Gasteiger partial charge on any atom is -0.463 e. The number of hydrazine groups is 1. The molecular weight excluding hydrogens is 444 g/mol. The number of aliphatic hydroxyl groups is 1. The normalized spacial score (nSPS) is 16.1. The van der Waals surface area contributed by atoms with Crippen molar-refractivity contribution in [1.82, 2.24) is 33.4 Å². The van der Waals surface area contributed by atoms with E-state index in [-0.39, 0.29) is 24.8 Å². The second kappa shape index (κ2) is 7.43. The van der Waals surface area contributed by atoms with E-state index in [0.29, 0.717) is 54.0 Å². The molecule has 3 N–H and O–H groups in total. The monoisotopic (exact) mass is 466 g/mol. The van der Waals surface area contributed by atoms with Gasteiger partial charge >= 0.3 is 5.69 Å². The molecule has 2 aliphatic rings. The van der Waals surface area contributed by atoms with Crippen molar-refractivity contribution in [3.05, 3.63) is 58.3 Å². The Morgan fingerprint density at radius 3 is 2.88 bits per heavy atom. The number of fused-ring (bicyclic) bond motifs is 3. The van der Waals surface area contributed by atoms with Crippen molar-refractivity contribution in [2.24, 2.45) is 17.9 Å². The van der Waals surface area contributed by atoms with Crippen molar-refractivity contribution in [1.29, 1.82) is 0 Å². The van der Waals surface area contributed by atoms with Gasteiger partial charge in [-0.05, 0) is 12.1 Å². The topological polar surface area (TPSA) is 157 Å². The number of aryl methyl sites for hydroxylation is 3. The van der Waals surface area contributed by atoms with Gasteiger partial charge in [0.25, 0.3) is 5.91 Å². The van der Waals surface area contributed by atoms with Crippen LogP contribution < -0.4 is 16.5 Å². The Morgan fingerprint density at radius 1 is 1.32 bits per heavy atom. The van der Waals surface area contributed by atoms with Gasteiger partial charge in [0.2, 0.25) is 5.78 Å². The largest absolute Gasteiger partial charge is 0.463 e. The summed E-state index contributed by atoms with van der Waals surface area (Å²) < 4.78 is 11.8. The maximum atomic E-state index is 13.1. The van der Waals surface area contributed by atoms with E-state index in [1.54, 1.807) is 45.7 Å². The first kappa shape index (κ1) is 20.4. The standard InChI is InChI=1S/C20H22N10O4/c1-25-20(33)28(5-4-27-8-12(7-23-27)18(32)26-9-13(31)10-26)19-24-17-16(30(19)25)15(22-11-29(17)21)14-3-2-6-34-14/h2-3,6-8,13,31H,4-5,9-11,21H2,1H3. The highest BCUT2D eigenvalue weighted by molar-refractivity contribution is 6.14. The van der Waals surface area contributed by atoms with Gasteiger partial charge in [-0.1, -0.05) is 0 Å². The summed E-state index contributed by atoms with van der Waals surface area (Å²) in [6.45, 7) is 1.48. The predicted molar refractivity (Wildman–Crippen MR) is 118 cm³/mol. The molecule has 4 aromatic heterocycles. The van der Waals surface area contributed by atoms with E-state index < -0.39 is 6.10 Å². The summed E-state index contributed by atoms with van der Waals surface area (Å²) in [6.07, 6.45) is 4.22. The average molecular weight is 466 g/mol. The van der Waals surface area contributed by atoms with Crippen molar-refractivity contribution in [3.8, 4) is 0 Å². The van der Waals surface area contributed by atoms with E-state index in [2.05, 4.69) is 15.1 Å². The fraction of sp³-hybridized carbons (Fsp3) is 0.350. The number of aliphatic imine (C=N–C) groups is 1. The third-order valence-electron chi connectivity index (χ3n) is 6.08. The summed E-state index contributed by atoms with van der Waals surface area (Å²) in [5.41, 5.74) is 1.30. The van der Waals surface area contributed by atoms with Crippen LogP contribution >= 0.6 is 0 Å². The third-order valence-corrected chi connectivity index (χ3v) is 6.08. The van der Waals surface area contributed by atoms with Gasteiger partial charge in [0.1, 0.15) is 18.1 Å². The van der Waals surface area contributed by atoms with Crippen molar-refractivity contribution < 1.29 is 14.3 Å². The van der Waals surface area contributed by atoms with Gasteiger partial charge in [0, 0.05) is 26.3 Å². The molecule has 1 fully saturated rings. The van der Waals surface area contributed by atoms with Crippen molar-refractivity contribution >= 4 is 23.2 Å². The Hall–Kier alpha value is -4.17. The summed E-state index contributed by atoms with van der Waals surface area (Å²) in [4.78, 5) is 36.2.